The highest BCUT2D eigenvalue weighted by molar-refractivity contribution is 5.92. The van der Waals surface area contributed by atoms with Gasteiger partial charge in [0.1, 0.15) is 17.0 Å². The Morgan fingerprint density at radius 1 is 1.00 bits per heavy atom. The van der Waals surface area contributed by atoms with E-state index in [4.69, 9.17) is 0 Å². The van der Waals surface area contributed by atoms with Gasteiger partial charge in [0.2, 0.25) is 0 Å². The number of rotatable bonds is 5. The average Bonchev–Trinajstić information content (AvgIpc) is 3.46. The molecule has 6 rings (SSSR count). The van der Waals surface area contributed by atoms with Crippen molar-refractivity contribution in [3.63, 3.8) is 0 Å². The summed E-state index contributed by atoms with van der Waals surface area (Å²) >= 11 is 0. The molecule has 4 aromatic heterocycles. The first-order chi connectivity index (χ1) is 16.1. The number of nitrogens with one attached hydrogen (secondary N) is 1. The summed E-state index contributed by atoms with van der Waals surface area (Å²) in [5.41, 5.74) is 3.83. The van der Waals surface area contributed by atoms with Gasteiger partial charge in [-0.2, -0.15) is 0 Å². The molecule has 2 fully saturated rings. The molecule has 1 saturated carbocycles. The molecule has 4 aromatic rings. The van der Waals surface area contributed by atoms with Crippen LogP contribution in [0.2, 0.25) is 0 Å². The van der Waals surface area contributed by atoms with E-state index in [9.17, 15) is 9.59 Å². The van der Waals surface area contributed by atoms with Gasteiger partial charge in [-0.1, -0.05) is 12.1 Å². The van der Waals surface area contributed by atoms with Crippen molar-refractivity contribution in [1.82, 2.24) is 29.0 Å². The Labute approximate surface area is 190 Å². The largest absolute Gasteiger partial charge is 0.345 e. The highest BCUT2D eigenvalue weighted by atomic mass is 16.2. The fourth-order valence-corrected chi connectivity index (χ4v) is 4.82. The van der Waals surface area contributed by atoms with E-state index in [1.54, 1.807) is 24.4 Å². The second-order valence-electron chi connectivity index (χ2n) is 9.40. The minimum absolute atomic E-state index is 0.103. The highest BCUT2D eigenvalue weighted by Gasteiger charge is 2.44. The van der Waals surface area contributed by atoms with Crippen molar-refractivity contribution in [3.05, 3.63) is 82.3 Å². The summed E-state index contributed by atoms with van der Waals surface area (Å²) in [6, 6.07) is 10.6. The molecule has 168 valence electrons. The fourth-order valence-electron chi connectivity index (χ4n) is 4.82. The maximum atomic E-state index is 12.6. The Hall–Kier alpha value is -3.52. The standard InChI is InChI=1S/C25H26N6O2/c32-23-13-20(28-22-3-1-2-10-31(22)23)24(33)26-14-19-17-30-16-18(4-5-21(30)27-19)15-29-11-8-25(6-7-25)9-12-29/h1-5,10,13,16-17H,6-9,11-12,14-15H2,(H,26,33). The summed E-state index contributed by atoms with van der Waals surface area (Å²) in [6.45, 7) is 3.59. The van der Waals surface area contributed by atoms with Gasteiger partial charge in [-0.05, 0) is 68.0 Å². The molecule has 2 aliphatic rings. The molecular weight excluding hydrogens is 416 g/mol. The highest BCUT2D eigenvalue weighted by Crippen LogP contribution is 2.53. The zero-order chi connectivity index (χ0) is 22.4. The minimum atomic E-state index is -0.394. The van der Waals surface area contributed by atoms with E-state index >= 15 is 0 Å². The van der Waals surface area contributed by atoms with E-state index in [-0.39, 0.29) is 17.8 Å². The molecule has 5 heterocycles. The molecule has 1 aliphatic heterocycles. The Morgan fingerprint density at radius 3 is 2.67 bits per heavy atom. The van der Waals surface area contributed by atoms with Gasteiger partial charge < -0.3 is 9.72 Å². The van der Waals surface area contributed by atoms with Crippen LogP contribution in [0.25, 0.3) is 11.3 Å². The predicted molar refractivity (Wildman–Crippen MR) is 124 cm³/mol. The van der Waals surface area contributed by atoms with Crippen molar-refractivity contribution < 1.29 is 4.79 Å². The number of nitrogens with zero attached hydrogens (tertiary/aromatic N) is 5. The normalized spacial score (nSPS) is 17.6. The summed E-state index contributed by atoms with van der Waals surface area (Å²) in [6.07, 6.45) is 11.2. The molecule has 1 N–H and O–H groups in total. The van der Waals surface area contributed by atoms with Crippen LogP contribution in [0.5, 0.6) is 0 Å². The molecule has 33 heavy (non-hydrogen) atoms. The first-order valence-electron chi connectivity index (χ1n) is 11.5. The van der Waals surface area contributed by atoms with E-state index in [1.165, 1.54) is 54.8 Å². The predicted octanol–water partition coefficient (Wildman–Crippen LogP) is 2.65. The summed E-state index contributed by atoms with van der Waals surface area (Å²) in [5, 5.41) is 2.83. The zero-order valence-electron chi connectivity index (χ0n) is 18.4. The topological polar surface area (TPSA) is 84.0 Å². The maximum absolute atomic E-state index is 12.6. The molecule has 8 nitrogen and oxygen atoms in total. The second-order valence-corrected chi connectivity index (χ2v) is 9.40. The Morgan fingerprint density at radius 2 is 1.85 bits per heavy atom. The smallest absolute Gasteiger partial charge is 0.270 e. The van der Waals surface area contributed by atoms with Gasteiger partial charge >= 0.3 is 0 Å². The van der Waals surface area contributed by atoms with Crippen LogP contribution >= 0.6 is 0 Å². The summed E-state index contributed by atoms with van der Waals surface area (Å²) in [5.74, 6) is -0.394. The van der Waals surface area contributed by atoms with Gasteiger partial charge in [-0.25, -0.2) is 9.97 Å². The Kier molecular flexibility index (Phi) is 4.76. The van der Waals surface area contributed by atoms with Crippen LogP contribution in [-0.4, -0.2) is 42.7 Å². The maximum Gasteiger partial charge on any atom is 0.270 e. The molecule has 0 aromatic carbocycles. The van der Waals surface area contributed by atoms with Crippen molar-refractivity contribution in [1.29, 1.82) is 0 Å². The van der Waals surface area contributed by atoms with Crippen LogP contribution in [0.15, 0.2) is 59.8 Å². The van der Waals surface area contributed by atoms with Crippen LogP contribution < -0.4 is 10.9 Å². The van der Waals surface area contributed by atoms with E-state index in [1.807, 2.05) is 16.7 Å². The van der Waals surface area contributed by atoms with Crippen LogP contribution in [-0.2, 0) is 13.1 Å². The minimum Gasteiger partial charge on any atom is -0.345 e. The molecule has 1 spiro atoms. The van der Waals surface area contributed by atoms with Crippen molar-refractivity contribution in [2.24, 2.45) is 5.41 Å². The van der Waals surface area contributed by atoms with Gasteiger partial charge in [-0.3, -0.25) is 18.9 Å². The summed E-state index contributed by atoms with van der Waals surface area (Å²) < 4.78 is 3.42. The lowest BCUT2D eigenvalue weighted by atomic mass is 9.93. The van der Waals surface area contributed by atoms with Crippen molar-refractivity contribution in [2.45, 2.75) is 38.8 Å². The zero-order valence-corrected chi connectivity index (χ0v) is 18.4. The Bertz CT molecular complexity index is 1410. The van der Waals surface area contributed by atoms with Gasteiger partial charge in [0.05, 0.1) is 12.2 Å². The number of aromatic nitrogens is 4. The number of piperidine rings is 1. The third-order valence-electron chi connectivity index (χ3n) is 7.08. The number of amides is 1. The quantitative estimate of drug-likeness (QED) is 0.514. The number of hydrogen-bond donors (Lipinski definition) is 1. The average molecular weight is 443 g/mol. The third kappa shape index (κ3) is 4.02. The van der Waals surface area contributed by atoms with Gasteiger partial charge in [0.25, 0.3) is 11.5 Å². The van der Waals surface area contributed by atoms with Gasteiger partial charge in [0, 0.05) is 31.2 Å². The number of pyridine rings is 2. The molecule has 0 radical (unpaired) electrons. The van der Waals surface area contributed by atoms with E-state index in [0.717, 1.165) is 17.9 Å². The molecule has 1 aliphatic carbocycles. The van der Waals surface area contributed by atoms with E-state index in [0.29, 0.717) is 11.1 Å². The first-order valence-corrected chi connectivity index (χ1v) is 11.5. The lowest BCUT2D eigenvalue weighted by molar-refractivity contribution is 0.0945. The van der Waals surface area contributed by atoms with E-state index < -0.39 is 5.91 Å². The molecule has 1 saturated heterocycles. The Balaban J connectivity index is 1.12. The molecule has 8 heteroatoms. The lowest BCUT2D eigenvalue weighted by Crippen LogP contribution is -2.33. The van der Waals surface area contributed by atoms with Crippen LogP contribution in [0.4, 0.5) is 0 Å². The molecule has 0 atom stereocenters. The van der Waals surface area contributed by atoms with Crippen LogP contribution in [0.3, 0.4) is 0 Å². The van der Waals surface area contributed by atoms with E-state index in [2.05, 4.69) is 32.4 Å². The summed E-state index contributed by atoms with van der Waals surface area (Å²) in [7, 11) is 0. The SMILES string of the molecule is O=C(NCc1cn2cc(CN3CCC4(CC3)CC4)ccc2n1)c1cc(=O)n2ccccc2n1. The van der Waals surface area contributed by atoms with Crippen LogP contribution in [0.1, 0.15) is 47.4 Å². The van der Waals surface area contributed by atoms with Crippen molar-refractivity contribution >= 4 is 17.2 Å². The first kappa shape index (κ1) is 20.1. The van der Waals surface area contributed by atoms with Crippen molar-refractivity contribution in [3.8, 4) is 0 Å². The van der Waals surface area contributed by atoms with Crippen LogP contribution in [0, 0.1) is 5.41 Å². The molecular formula is C25H26N6O2. The third-order valence-corrected chi connectivity index (χ3v) is 7.08. The lowest BCUT2D eigenvalue weighted by Gasteiger charge is -2.32. The molecule has 1 amide bonds. The monoisotopic (exact) mass is 442 g/mol. The summed E-state index contributed by atoms with van der Waals surface area (Å²) in [4.78, 5) is 36.3. The molecule has 0 unspecified atom stereocenters. The van der Waals surface area contributed by atoms with Gasteiger partial charge in [0.15, 0.2) is 0 Å². The van der Waals surface area contributed by atoms with Gasteiger partial charge in [-0.15, -0.1) is 0 Å². The number of carbonyl (C=O) groups excluding carboxylic acids is 1. The number of carbonyl (C=O) groups is 1. The number of hydrogen-bond acceptors (Lipinski definition) is 5. The fraction of sp³-hybridized carbons (Fsp3) is 0.360. The molecule has 0 bridgehead atoms. The van der Waals surface area contributed by atoms with Crippen molar-refractivity contribution in [2.75, 3.05) is 13.1 Å². The number of likely N-dealkylation sites (tertiary alicyclic amines) is 1. The number of imidazole rings is 1. The second kappa shape index (κ2) is 7.81. The number of fused-ring (bicyclic) bond motifs is 2.